The molecule has 0 saturated carbocycles. The van der Waals surface area contributed by atoms with Crippen LogP contribution in [0.5, 0.6) is 0 Å². The third-order valence-corrected chi connectivity index (χ3v) is 8.44. The number of benzene rings is 1. The van der Waals surface area contributed by atoms with Crippen molar-refractivity contribution in [3.8, 4) is 0 Å². The topological polar surface area (TPSA) is 42.9 Å². The lowest BCUT2D eigenvalue weighted by atomic mass is 9.86. The standard InChI is InChI=1S/C31H43N5O/c37-31(36-22-20-33(21-23-36)16-7-11-27-8-2-1-3-9-27)13-12-29-26-34(25-28-10-6-15-32-24-28)19-14-30(29)35-17-4-5-18-35/h1-3,6-11,15,24,29-30H,4-5,12-14,16-23,25-26H2/b11-7+/t29-,30+/m1/s1. The first kappa shape index (κ1) is 26.1. The van der Waals surface area contributed by atoms with E-state index in [-0.39, 0.29) is 0 Å². The fourth-order valence-corrected chi connectivity index (χ4v) is 6.38. The molecule has 0 unspecified atom stereocenters. The van der Waals surface area contributed by atoms with Crippen molar-refractivity contribution in [2.75, 3.05) is 58.9 Å². The average molecular weight is 502 g/mol. The Balaban J connectivity index is 1.09. The Hall–Kier alpha value is -2.54. The van der Waals surface area contributed by atoms with Gasteiger partial charge in [-0.15, -0.1) is 0 Å². The molecule has 0 bridgehead atoms. The second-order valence-corrected chi connectivity index (χ2v) is 11.0. The van der Waals surface area contributed by atoms with Gasteiger partial charge in [0.15, 0.2) is 0 Å². The van der Waals surface area contributed by atoms with Gasteiger partial charge in [-0.1, -0.05) is 48.6 Å². The summed E-state index contributed by atoms with van der Waals surface area (Å²) in [6, 6.07) is 15.3. The molecule has 0 aliphatic carbocycles. The zero-order chi connectivity index (χ0) is 25.3. The van der Waals surface area contributed by atoms with Crippen molar-refractivity contribution in [2.45, 2.75) is 44.7 Å². The summed E-state index contributed by atoms with van der Waals surface area (Å²) in [4.78, 5) is 27.4. The second-order valence-electron chi connectivity index (χ2n) is 11.0. The van der Waals surface area contributed by atoms with E-state index in [9.17, 15) is 4.79 Å². The van der Waals surface area contributed by atoms with Crippen LogP contribution in [-0.2, 0) is 11.3 Å². The van der Waals surface area contributed by atoms with Crippen molar-refractivity contribution in [3.05, 3.63) is 72.1 Å². The van der Waals surface area contributed by atoms with Crippen molar-refractivity contribution < 1.29 is 4.79 Å². The lowest BCUT2D eigenvalue weighted by Crippen LogP contribution is -2.51. The minimum atomic E-state index is 0.351. The molecule has 3 saturated heterocycles. The van der Waals surface area contributed by atoms with Gasteiger partial charge in [-0.3, -0.25) is 19.6 Å². The highest BCUT2D eigenvalue weighted by Gasteiger charge is 2.35. The zero-order valence-electron chi connectivity index (χ0n) is 22.3. The summed E-state index contributed by atoms with van der Waals surface area (Å²) in [7, 11) is 0. The Bertz CT molecular complexity index is 983. The maximum Gasteiger partial charge on any atom is 0.222 e. The monoisotopic (exact) mass is 501 g/mol. The molecule has 4 heterocycles. The Labute approximate surface area is 223 Å². The van der Waals surface area contributed by atoms with Crippen molar-refractivity contribution >= 4 is 12.0 Å². The van der Waals surface area contributed by atoms with Crippen LogP contribution in [0.25, 0.3) is 6.08 Å². The molecule has 1 amide bonds. The third-order valence-electron chi connectivity index (χ3n) is 8.44. The van der Waals surface area contributed by atoms with Gasteiger partial charge in [0.1, 0.15) is 0 Å². The van der Waals surface area contributed by atoms with Crippen molar-refractivity contribution in [2.24, 2.45) is 5.92 Å². The fourth-order valence-electron chi connectivity index (χ4n) is 6.38. The first-order valence-electron chi connectivity index (χ1n) is 14.3. The van der Waals surface area contributed by atoms with E-state index in [0.717, 1.165) is 58.8 Å². The van der Waals surface area contributed by atoms with Crippen LogP contribution in [0.15, 0.2) is 60.9 Å². The average Bonchev–Trinajstić information content (AvgIpc) is 3.48. The van der Waals surface area contributed by atoms with Crippen molar-refractivity contribution in [3.63, 3.8) is 0 Å². The van der Waals surface area contributed by atoms with Gasteiger partial charge < -0.3 is 9.80 Å². The number of piperazine rings is 1. The van der Waals surface area contributed by atoms with Crippen LogP contribution >= 0.6 is 0 Å². The van der Waals surface area contributed by atoms with Crippen molar-refractivity contribution in [1.82, 2.24) is 24.6 Å². The molecule has 3 fully saturated rings. The molecular weight excluding hydrogens is 458 g/mol. The molecule has 3 aliphatic heterocycles. The fraction of sp³-hybridized carbons (Fsp3) is 0.548. The molecule has 1 aromatic heterocycles. The van der Waals surface area contributed by atoms with Crippen LogP contribution in [0.3, 0.4) is 0 Å². The number of carbonyl (C=O) groups is 1. The van der Waals surface area contributed by atoms with Gasteiger partial charge in [-0.05, 0) is 68.4 Å². The Kier molecular flexibility index (Phi) is 9.38. The third kappa shape index (κ3) is 7.50. The molecular formula is C31H43N5O. The number of carbonyl (C=O) groups excluding carboxylic acids is 1. The normalized spacial score (nSPS) is 24.2. The highest BCUT2D eigenvalue weighted by Crippen LogP contribution is 2.30. The number of hydrogen-bond donors (Lipinski definition) is 0. The molecule has 2 atom stereocenters. The SMILES string of the molecule is O=C(CC[C@@H]1CN(Cc2cccnc2)CC[C@@H]1N1CCCC1)N1CCN(C/C=C/c2ccccc2)CC1. The van der Waals surface area contributed by atoms with Gasteiger partial charge in [0.05, 0.1) is 0 Å². The summed E-state index contributed by atoms with van der Waals surface area (Å²) in [5.41, 5.74) is 2.53. The quantitative estimate of drug-likeness (QED) is 0.520. The molecule has 0 N–H and O–H groups in total. The van der Waals surface area contributed by atoms with Crippen LogP contribution in [0.2, 0.25) is 0 Å². The summed E-state index contributed by atoms with van der Waals surface area (Å²) in [5, 5.41) is 0. The Morgan fingerprint density at radius 1 is 0.919 bits per heavy atom. The lowest BCUT2D eigenvalue weighted by Gasteiger charge is -2.43. The van der Waals surface area contributed by atoms with Gasteiger partial charge in [0.25, 0.3) is 0 Å². The number of pyridine rings is 1. The van der Waals surface area contributed by atoms with Gasteiger partial charge in [-0.2, -0.15) is 0 Å². The summed E-state index contributed by atoms with van der Waals surface area (Å²) in [5.74, 6) is 0.918. The molecule has 5 rings (SSSR count). The van der Waals surface area contributed by atoms with Crippen LogP contribution in [0.4, 0.5) is 0 Å². The van der Waals surface area contributed by atoms with E-state index in [0.29, 0.717) is 24.3 Å². The predicted molar refractivity (Wildman–Crippen MR) is 150 cm³/mol. The summed E-state index contributed by atoms with van der Waals surface area (Å²) < 4.78 is 0. The number of likely N-dealkylation sites (tertiary alicyclic amines) is 2. The molecule has 0 spiro atoms. The maximum atomic E-state index is 13.2. The van der Waals surface area contributed by atoms with Crippen LogP contribution < -0.4 is 0 Å². The van der Waals surface area contributed by atoms with Gasteiger partial charge in [-0.25, -0.2) is 0 Å². The second kappa shape index (κ2) is 13.3. The van der Waals surface area contributed by atoms with E-state index in [2.05, 4.69) is 67.1 Å². The summed E-state index contributed by atoms with van der Waals surface area (Å²) >= 11 is 0. The predicted octanol–water partition coefficient (Wildman–Crippen LogP) is 4.01. The van der Waals surface area contributed by atoms with Gasteiger partial charge >= 0.3 is 0 Å². The highest BCUT2D eigenvalue weighted by molar-refractivity contribution is 5.76. The van der Waals surface area contributed by atoms with E-state index in [1.165, 1.54) is 43.5 Å². The van der Waals surface area contributed by atoms with E-state index < -0.39 is 0 Å². The zero-order valence-corrected chi connectivity index (χ0v) is 22.3. The van der Waals surface area contributed by atoms with E-state index >= 15 is 0 Å². The van der Waals surface area contributed by atoms with Crippen molar-refractivity contribution in [1.29, 1.82) is 0 Å². The lowest BCUT2D eigenvalue weighted by molar-refractivity contribution is -0.133. The number of amides is 1. The van der Waals surface area contributed by atoms with Crippen LogP contribution in [-0.4, -0.2) is 95.4 Å². The molecule has 1 aromatic carbocycles. The largest absolute Gasteiger partial charge is 0.340 e. The van der Waals surface area contributed by atoms with Gasteiger partial charge in [0.2, 0.25) is 5.91 Å². The number of piperidine rings is 1. The Morgan fingerprint density at radius 2 is 1.73 bits per heavy atom. The van der Waals surface area contributed by atoms with E-state index in [4.69, 9.17) is 0 Å². The molecule has 0 radical (unpaired) electrons. The molecule has 37 heavy (non-hydrogen) atoms. The first-order valence-corrected chi connectivity index (χ1v) is 14.3. The maximum absolute atomic E-state index is 13.2. The van der Waals surface area contributed by atoms with E-state index in [1.807, 2.05) is 24.5 Å². The molecule has 6 nitrogen and oxygen atoms in total. The number of aromatic nitrogens is 1. The van der Waals surface area contributed by atoms with Crippen LogP contribution in [0, 0.1) is 5.92 Å². The smallest absolute Gasteiger partial charge is 0.222 e. The highest BCUT2D eigenvalue weighted by atomic mass is 16.2. The molecule has 2 aromatic rings. The first-order chi connectivity index (χ1) is 18.2. The molecule has 6 heteroatoms. The number of nitrogens with zero attached hydrogens (tertiary/aromatic N) is 5. The molecule has 3 aliphatic rings. The minimum absolute atomic E-state index is 0.351. The molecule has 198 valence electrons. The summed E-state index contributed by atoms with van der Waals surface area (Å²) in [6.45, 7) is 10.2. The Morgan fingerprint density at radius 3 is 2.49 bits per heavy atom. The minimum Gasteiger partial charge on any atom is -0.340 e. The van der Waals surface area contributed by atoms with Gasteiger partial charge in [0, 0.05) is 70.7 Å². The van der Waals surface area contributed by atoms with E-state index in [1.54, 1.807) is 0 Å². The number of rotatable bonds is 9. The summed E-state index contributed by atoms with van der Waals surface area (Å²) in [6.07, 6.45) is 13.8. The number of hydrogen-bond acceptors (Lipinski definition) is 5. The van der Waals surface area contributed by atoms with Crippen LogP contribution in [0.1, 0.15) is 43.2 Å².